The van der Waals surface area contributed by atoms with Crippen molar-refractivity contribution >= 4 is 29.4 Å². The molecule has 0 radical (unpaired) electrons. The first-order valence-corrected chi connectivity index (χ1v) is 6.55. The Morgan fingerprint density at radius 2 is 1.45 bits per heavy atom. The van der Waals surface area contributed by atoms with E-state index in [-0.39, 0.29) is 18.2 Å². The largest absolute Gasteiger partial charge is 0.497 e. The Kier molecular flexibility index (Phi) is 14.4. The second-order valence-electron chi connectivity index (χ2n) is 3.26. The minimum absolute atomic E-state index is 0.00416. The van der Waals surface area contributed by atoms with Crippen LogP contribution in [0.5, 0.6) is 0 Å². The molecule has 0 aromatic carbocycles. The molecule has 0 aliphatic heterocycles. The third-order valence-electron chi connectivity index (χ3n) is 1.78. The van der Waals surface area contributed by atoms with Crippen molar-refractivity contribution in [2.45, 2.75) is 0 Å². The van der Waals surface area contributed by atoms with E-state index in [0.717, 1.165) is 6.26 Å². The number of carbonyl (C=O) groups excluding carboxylic acids is 1. The first-order chi connectivity index (χ1) is 9.72. The second kappa shape index (κ2) is 14.8. The summed E-state index contributed by atoms with van der Waals surface area (Å²) in [7, 11) is 0. The summed E-state index contributed by atoms with van der Waals surface area (Å²) in [6.45, 7) is 2.58. The number of ether oxygens (including phenoxy) is 4. The van der Waals surface area contributed by atoms with E-state index in [1.54, 1.807) is 0 Å². The SMILES string of the molecule is O=C(OCl)C(Cl)=COCCOCCOCCOCCO. The predicted molar refractivity (Wildman–Crippen MR) is 71.4 cm³/mol. The highest BCUT2D eigenvalue weighted by Gasteiger charge is 2.06. The molecule has 9 heteroatoms. The van der Waals surface area contributed by atoms with Crippen LogP contribution in [-0.4, -0.2) is 63.9 Å². The fourth-order valence-electron chi connectivity index (χ4n) is 0.931. The molecule has 0 saturated heterocycles. The molecule has 0 fully saturated rings. The first-order valence-electron chi connectivity index (χ1n) is 5.86. The van der Waals surface area contributed by atoms with Crippen molar-refractivity contribution in [3.8, 4) is 0 Å². The van der Waals surface area contributed by atoms with E-state index in [1.165, 1.54) is 0 Å². The van der Waals surface area contributed by atoms with Crippen LogP contribution < -0.4 is 0 Å². The van der Waals surface area contributed by atoms with Crippen LogP contribution in [0, 0.1) is 0 Å². The molecule has 0 aliphatic carbocycles. The third-order valence-corrected chi connectivity index (χ3v) is 2.16. The van der Waals surface area contributed by atoms with Gasteiger partial charge in [0.25, 0.3) is 0 Å². The van der Waals surface area contributed by atoms with Crippen LogP contribution in [0.25, 0.3) is 0 Å². The summed E-state index contributed by atoms with van der Waals surface area (Å²) in [5.41, 5.74) is 0. The van der Waals surface area contributed by atoms with Gasteiger partial charge in [0, 0.05) is 0 Å². The lowest BCUT2D eigenvalue weighted by molar-refractivity contribution is -0.129. The molecule has 0 aromatic heterocycles. The minimum atomic E-state index is -0.883. The Bertz CT molecular complexity index is 273. The van der Waals surface area contributed by atoms with Gasteiger partial charge in [-0.1, -0.05) is 11.6 Å². The molecule has 7 nitrogen and oxygen atoms in total. The van der Waals surface area contributed by atoms with Crippen molar-refractivity contribution in [3.05, 3.63) is 11.3 Å². The molecule has 0 saturated carbocycles. The average Bonchev–Trinajstić information content (AvgIpc) is 2.47. The standard InChI is InChI=1S/C11H18Cl2O7/c12-10(11(15)20-13)9-19-8-7-18-6-5-17-4-3-16-2-1-14/h9,14H,1-8H2. The minimum Gasteiger partial charge on any atom is -0.497 e. The summed E-state index contributed by atoms with van der Waals surface area (Å²) in [4.78, 5) is 10.7. The Morgan fingerprint density at radius 3 is 1.95 bits per heavy atom. The monoisotopic (exact) mass is 332 g/mol. The second-order valence-corrected chi connectivity index (χ2v) is 3.82. The van der Waals surface area contributed by atoms with Crippen molar-refractivity contribution in [3.63, 3.8) is 0 Å². The lowest BCUT2D eigenvalue weighted by Gasteiger charge is -2.06. The topological polar surface area (TPSA) is 83.5 Å². The molecule has 0 amide bonds. The lowest BCUT2D eigenvalue weighted by Crippen LogP contribution is -2.12. The normalized spacial score (nSPS) is 11.4. The van der Waals surface area contributed by atoms with Crippen molar-refractivity contribution < 1.29 is 33.1 Å². The highest BCUT2D eigenvalue weighted by atomic mass is 35.5. The number of hydrogen-bond donors (Lipinski definition) is 1. The predicted octanol–water partition coefficient (Wildman–Crippen LogP) is 0.822. The molecule has 0 atom stereocenters. The van der Waals surface area contributed by atoms with Crippen LogP contribution in [0.4, 0.5) is 0 Å². The molecule has 0 unspecified atom stereocenters. The maximum absolute atomic E-state index is 10.7. The van der Waals surface area contributed by atoms with Crippen LogP contribution in [0.15, 0.2) is 11.3 Å². The van der Waals surface area contributed by atoms with E-state index in [0.29, 0.717) is 39.6 Å². The Hall–Kier alpha value is -0.570. The van der Waals surface area contributed by atoms with E-state index in [4.69, 9.17) is 47.5 Å². The number of aliphatic hydroxyl groups excluding tert-OH is 1. The van der Waals surface area contributed by atoms with Gasteiger partial charge in [-0.2, -0.15) is 0 Å². The number of rotatable bonds is 13. The van der Waals surface area contributed by atoms with Gasteiger partial charge in [0.2, 0.25) is 0 Å². The lowest BCUT2D eigenvalue weighted by atomic mass is 10.6. The fourth-order valence-corrected chi connectivity index (χ4v) is 1.15. The van der Waals surface area contributed by atoms with Gasteiger partial charge in [0.15, 0.2) is 5.03 Å². The van der Waals surface area contributed by atoms with E-state index in [1.807, 2.05) is 0 Å². The molecule has 0 heterocycles. The van der Waals surface area contributed by atoms with Crippen LogP contribution in [0.1, 0.15) is 0 Å². The van der Waals surface area contributed by atoms with Crippen molar-refractivity contribution in [2.75, 3.05) is 52.9 Å². The van der Waals surface area contributed by atoms with E-state index < -0.39 is 5.97 Å². The van der Waals surface area contributed by atoms with E-state index in [9.17, 15) is 4.79 Å². The van der Waals surface area contributed by atoms with Crippen LogP contribution in [0.3, 0.4) is 0 Å². The molecule has 0 spiro atoms. The van der Waals surface area contributed by atoms with Gasteiger partial charge in [-0.15, -0.1) is 0 Å². The summed E-state index contributed by atoms with van der Waals surface area (Å²) < 4.78 is 24.1. The molecule has 0 aliphatic rings. The number of halogens is 2. The third kappa shape index (κ3) is 12.5. The van der Waals surface area contributed by atoms with E-state index >= 15 is 0 Å². The van der Waals surface area contributed by atoms with Crippen LogP contribution in [0.2, 0.25) is 0 Å². The summed E-state index contributed by atoms with van der Waals surface area (Å²) in [6.07, 6.45) is 1.03. The highest BCUT2D eigenvalue weighted by molar-refractivity contribution is 6.42. The molecule has 0 rings (SSSR count). The number of carbonyl (C=O) groups is 1. The highest BCUT2D eigenvalue weighted by Crippen LogP contribution is 2.05. The summed E-state index contributed by atoms with van der Waals surface area (Å²) in [5, 5.41) is 8.19. The fraction of sp³-hybridized carbons (Fsp3) is 0.727. The maximum Gasteiger partial charge on any atom is 0.370 e. The number of hydrogen-bond acceptors (Lipinski definition) is 7. The molecule has 0 aromatic rings. The van der Waals surface area contributed by atoms with Crippen molar-refractivity contribution in [1.82, 2.24) is 0 Å². The molecule has 0 bridgehead atoms. The van der Waals surface area contributed by atoms with Gasteiger partial charge >= 0.3 is 5.97 Å². The van der Waals surface area contributed by atoms with Crippen LogP contribution >= 0.6 is 23.5 Å². The van der Waals surface area contributed by atoms with Gasteiger partial charge in [0.1, 0.15) is 24.7 Å². The Labute approximate surface area is 127 Å². The zero-order valence-electron chi connectivity index (χ0n) is 10.9. The zero-order chi connectivity index (χ0) is 15.1. The number of aliphatic hydroxyl groups is 1. The Morgan fingerprint density at radius 1 is 0.950 bits per heavy atom. The smallest absolute Gasteiger partial charge is 0.370 e. The van der Waals surface area contributed by atoms with Gasteiger partial charge in [-0.25, -0.2) is 4.79 Å². The summed E-state index contributed by atoms with van der Waals surface area (Å²) in [6, 6.07) is 0. The van der Waals surface area contributed by atoms with Crippen molar-refractivity contribution in [1.29, 1.82) is 0 Å². The van der Waals surface area contributed by atoms with Gasteiger partial charge in [0.05, 0.1) is 46.2 Å². The summed E-state index contributed by atoms with van der Waals surface area (Å²) >= 11 is 10.3. The quantitative estimate of drug-likeness (QED) is 0.303. The van der Waals surface area contributed by atoms with E-state index in [2.05, 4.69) is 4.29 Å². The van der Waals surface area contributed by atoms with Gasteiger partial charge in [-0.05, 0) is 0 Å². The Balaban J connectivity index is 3.23. The molecule has 1 N–H and O–H groups in total. The molecule has 118 valence electrons. The van der Waals surface area contributed by atoms with Gasteiger partial charge < -0.3 is 28.3 Å². The van der Waals surface area contributed by atoms with Gasteiger partial charge in [-0.3, -0.25) is 0 Å². The first kappa shape index (κ1) is 19.4. The molecular weight excluding hydrogens is 315 g/mol. The maximum atomic E-state index is 10.7. The zero-order valence-corrected chi connectivity index (χ0v) is 12.4. The molecule has 20 heavy (non-hydrogen) atoms. The average molecular weight is 333 g/mol. The van der Waals surface area contributed by atoms with Crippen LogP contribution in [-0.2, 0) is 28.0 Å². The summed E-state index contributed by atoms with van der Waals surface area (Å²) in [5.74, 6) is -0.883. The molecular formula is C11H18Cl2O7. The van der Waals surface area contributed by atoms with Crippen molar-refractivity contribution in [2.24, 2.45) is 0 Å².